The quantitative estimate of drug-likeness (QED) is 0.450. The molecule has 2 aliphatic rings. The molecule has 0 radical (unpaired) electrons. The third-order valence-electron chi connectivity index (χ3n) is 6.81. The van der Waals surface area contributed by atoms with Crippen LogP contribution in [-0.4, -0.2) is 66.8 Å². The van der Waals surface area contributed by atoms with Gasteiger partial charge in [-0.25, -0.2) is 0 Å². The zero-order valence-electron chi connectivity index (χ0n) is 20.3. The standard InChI is InChI=1S/C24H22F6N8O/c1-13(15-4-6-16(7-5-15)21-32-34-35-33-21)38-19(24(28,29)30)18(20(31)39)22-36(10-11-37(22)38)12-14-2-8-17(9-3-14)23(25,26)27/h2-9,13,19H,10-12H2,1H3,(H2,31,39)(H,32,33,34,35). The Morgan fingerprint density at radius 2 is 1.72 bits per heavy atom. The first kappa shape index (κ1) is 26.5. The Morgan fingerprint density at radius 1 is 1.05 bits per heavy atom. The molecule has 2 aliphatic heterocycles. The van der Waals surface area contributed by atoms with Gasteiger partial charge in [-0.05, 0) is 35.4 Å². The first-order chi connectivity index (χ1) is 18.4. The van der Waals surface area contributed by atoms with Crippen LogP contribution in [0, 0.1) is 0 Å². The van der Waals surface area contributed by atoms with Gasteiger partial charge in [0, 0.05) is 18.7 Å². The summed E-state index contributed by atoms with van der Waals surface area (Å²) in [6.07, 6.45) is -9.36. The number of aromatic nitrogens is 4. The molecular weight excluding hydrogens is 530 g/mol. The number of hydrogen-bond donors (Lipinski definition) is 2. The van der Waals surface area contributed by atoms with Crippen LogP contribution in [0.25, 0.3) is 11.4 Å². The fourth-order valence-electron chi connectivity index (χ4n) is 5.03. The highest BCUT2D eigenvalue weighted by Gasteiger charge is 2.58. The summed E-state index contributed by atoms with van der Waals surface area (Å²) in [5.74, 6) is -0.902. The van der Waals surface area contributed by atoms with E-state index in [4.69, 9.17) is 5.73 Å². The SMILES string of the molecule is CC(c1ccc(-c2nn[nH]n2)cc1)N1C(C(F)(F)F)C(C(N)=O)=C2N(Cc3ccc(C(F)(F)F)cc3)CCN21. The number of fused-ring (bicyclic) bond motifs is 1. The van der Waals surface area contributed by atoms with Crippen molar-refractivity contribution in [2.75, 3.05) is 13.1 Å². The van der Waals surface area contributed by atoms with Crippen LogP contribution in [0.15, 0.2) is 59.9 Å². The fraction of sp³-hybridized carbons (Fsp3) is 0.333. The van der Waals surface area contributed by atoms with E-state index in [2.05, 4.69) is 20.6 Å². The summed E-state index contributed by atoms with van der Waals surface area (Å²) in [7, 11) is 0. The van der Waals surface area contributed by atoms with Gasteiger partial charge in [-0.15, -0.1) is 10.2 Å². The zero-order valence-corrected chi connectivity index (χ0v) is 20.3. The van der Waals surface area contributed by atoms with E-state index in [1.807, 2.05) is 0 Å². The number of alkyl halides is 6. The summed E-state index contributed by atoms with van der Waals surface area (Å²) < 4.78 is 82.4. The number of tetrazole rings is 1. The summed E-state index contributed by atoms with van der Waals surface area (Å²) >= 11 is 0. The lowest BCUT2D eigenvalue weighted by Gasteiger charge is -2.38. The number of nitrogens with one attached hydrogen (secondary N) is 1. The monoisotopic (exact) mass is 552 g/mol. The smallest absolute Gasteiger partial charge is 0.366 e. The Hall–Kier alpha value is -4.14. The number of benzene rings is 2. The van der Waals surface area contributed by atoms with Crippen LogP contribution in [0.1, 0.15) is 29.7 Å². The number of nitrogens with zero attached hydrogens (tertiary/aromatic N) is 6. The maximum atomic E-state index is 14.5. The molecule has 0 saturated carbocycles. The summed E-state index contributed by atoms with van der Waals surface area (Å²) in [6.45, 7) is 1.93. The van der Waals surface area contributed by atoms with E-state index >= 15 is 0 Å². The maximum Gasteiger partial charge on any atom is 0.416 e. The normalized spacial score (nSPS) is 19.1. The minimum atomic E-state index is -4.85. The van der Waals surface area contributed by atoms with E-state index in [0.717, 1.165) is 17.1 Å². The van der Waals surface area contributed by atoms with Crippen LogP contribution < -0.4 is 5.73 Å². The Morgan fingerprint density at radius 3 is 2.26 bits per heavy atom. The molecule has 1 fully saturated rings. The van der Waals surface area contributed by atoms with Gasteiger partial charge in [0.2, 0.25) is 11.7 Å². The lowest BCUT2D eigenvalue weighted by atomic mass is 10.0. The predicted molar refractivity (Wildman–Crippen MR) is 124 cm³/mol. The number of nitrogens with two attached hydrogens (primary N) is 1. The topological polar surface area (TPSA) is 107 Å². The predicted octanol–water partition coefficient (Wildman–Crippen LogP) is 3.62. The zero-order chi connectivity index (χ0) is 28.1. The summed E-state index contributed by atoms with van der Waals surface area (Å²) in [5, 5.41) is 16.1. The Kier molecular flexibility index (Phi) is 6.48. The van der Waals surface area contributed by atoms with Crippen molar-refractivity contribution in [1.82, 2.24) is 35.5 Å². The van der Waals surface area contributed by atoms with Crippen LogP contribution in [0.3, 0.4) is 0 Å². The van der Waals surface area contributed by atoms with E-state index in [9.17, 15) is 31.1 Å². The molecule has 3 N–H and O–H groups in total. The van der Waals surface area contributed by atoms with Gasteiger partial charge >= 0.3 is 12.4 Å². The number of rotatable bonds is 6. The number of hydrogen-bond acceptors (Lipinski definition) is 7. The molecule has 206 valence electrons. The number of hydrazine groups is 1. The minimum Gasteiger partial charge on any atom is -0.366 e. The van der Waals surface area contributed by atoms with Gasteiger partial charge in [0.1, 0.15) is 5.82 Å². The van der Waals surface area contributed by atoms with E-state index in [-0.39, 0.29) is 25.5 Å². The van der Waals surface area contributed by atoms with Crippen LogP contribution in [0.2, 0.25) is 0 Å². The fourth-order valence-corrected chi connectivity index (χ4v) is 5.03. The van der Waals surface area contributed by atoms with Crippen molar-refractivity contribution in [1.29, 1.82) is 0 Å². The molecule has 1 amide bonds. The number of carbonyl (C=O) groups is 1. The third-order valence-corrected chi connectivity index (χ3v) is 6.81. The molecule has 1 aromatic heterocycles. The number of carbonyl (C=O) groups excluding carboxylic acids is 1. The average Bonchev–Trinajstić information content (AvgIpc) is 3.60. The number of amides is 1. The number of primary amides is 1. The van der Waals surface area contributed by atoms with Gasteiger partial charge in [-0.2, -0.15) is 36.6 Å². The van der Waals surface area contributed by atoms with Gasteiger partial charge in [0.25, 0.3) is 0 Å². The molecule has 5 rings (SSSR count). The lowest BCUT2D eigenvalue weighted by molar-refractivity contribution is -0.204. The molecule has 9 nitrogen and oxygen atoms in total. The van der Waals surface area contributed by atoms with Gasteiger partial charge in [0.05, 0.1) is 23.7 Å². The molecule has 1 saturated heterocycles. The van der Waals surface area contributed by atoms with Crippen molar-refractivity contribution in [3.05, 3.63) is 76.6 Å². The van der Waals surface area contributed by atoms with Crippen molar-refractivity contribution in [2.45, 2.75) is 37.9 Å². The van der Waals surface area contributed by atoms with Crippen molar-refractivity contribution < 1.29 is 31.1 Å². The highest BCUT2D eigenvalue weighted by molar-refractivity contribution is 5.94. The third kappa shape index (κ3) is 4.89. The second-order valence-corrected chi connectivity index (χ2v) is 9.20. The molecule has 39 heavy (non-hydrogen) atoms. The average molecular weight is 552 g/mol. The molecule has 2 unspecified atom stereocenters. The first-order valence-corrected chi connectivity index (χ1v) is 11.8. The summed E-state index contributed by atoms with van der Waals surface area (Å²) in [5.41, 5.74) is 5.64. The number of aromatic amines is 1. The summed E-state index contributed by atoms with van der Waals surface area (Å²) in [6, 6.07) is 7.78. The molecule has 3 aromatic rings. The Bertz CT molecular complexity index is 1370. The highest BCUT2D eigenvalue weighted by atomic mass is 19.4. The minimum absolute atomic E-state index is 0.00000908. The number of halogens is 6. The van der Waals surface area contributed by atoms with Gasteiger partial charge in [-0.3, -0.25) is 9.80 Å². The first-order valence-electron chi connectivity index (χ1n) is 11.8. The lowest BCUT2D eigenvalue weighted by Crippen LogP contribution is -2.51. The molecule has 3 heterocycles. The molecular formula is C24H22F6N8O. The second-order valence-electron chi connectivity index (χ2n) is 9.20. The largest absolute Gasteiger partial charge is 0.416 e. The molecule has 0 spiro atoms. The van der Waals surface area contributed by atoms with E-state index in [1.165, 1.54) is 22.0 Å². The Labute approximate surface area is 217 Å². The van der Waals surface area contributed by atoms with Crippen LogP contribution in [0.4, 0.5) is 26.3 Å². The molecule has 0 bridgehead atoms. The van der Waals surface area contributed by atoms with Crippen molar-refractivity contribution in [3.63, 3.8) is 0 Å². The highest BCUT2D eigenvalue weighted by Crippen LogP contribution is 2.46. The summed E-state index contributed by atoms with van der Waals surface area (Å²) in [4.78, 5) is 14.0. The molecule has 15 heteroatoms. The molecule has 2 aromatic carbocycles. The van der Waals surface area contributed by atoms with E-state index in [1.54, 1.807) is 31.2 Å². The van der Waals surface area contributed by atoms with Gasteiger partial charge < -0.3 is 10.6 Å². The van der Waals surface area contributed by atoms with Crippen LogP contribution >= 0.6 is 0 Å². The van der Waals surface area contributed by atoms with Gasteiger partial charge in [-0.1, -0.05) is 36.4 Å². The Balaban J connectivity index is 1.47. The number of H-pyrrole nitrogens is 1. The van der Waals surface area contributed by atoms with Crippen LogP contribution in [-0.2, 0) is 17.5 Å². The van der Waals surface area contributed by atoms with Crippen molar-refractivity contribution in [3.8, 4) is 11.4 Å². The van der Waals surface area contributed by atoms with E-state index < -0.39 is 41.5 Å². The van der Waals surface area contributed by atoms with Crippen molar-refractivity contribution in [2.24, 2.45) is 5.73 Å². The van der Waals surface area contributed by atoms with Crippen LogP contribution in [0.5, 0.6) is 0 Å². The van der Waals surface area contributed by atoms with Gasteiger partial charge in [0.15, 0.2) is 6.04 Å². The van der Waals surface area contributed by atoms with E-state index in [0.29, 0.717) is 22.5 Å². The molecule has 0 aliphatic carbocycles. The van der Waals surface area contributed by atoms with Crippen molar-refractivity contribution >= 4 is 5.91 Å². The molecule has 2 atom stereocenters. The maximum absolute atomic E-state index is 14.5. The second kappa shape index (κ2) is 9.55.